The van der Waals surface area contributed by atoms with Crippen molar-refractivity contribution < 1.29 is 4.74 Å². The van der Waals surface area contributed by atoms with Gasteiger partial charge in [-0.3, -0.25) is 5.41 Å². The lowest BCUT2D eigenvalue weighted by Crippen LogP contribution is -2.20. The number of para-hydroxylation sites is 1. The van der Waals surface area contributed by atoms with Gasteiger partial charge in [-0.2, -0.15) is 0 Å². The summed E-state index contributed by atoms with van der Waals surface area (Å²) in [5, 5.41) is 8.75. The van der Waals surface area contributed by atoms with Crippen LogP contribution in [-0.2, 0) is 0 Å². The second kappa shape index (κ2) is 6.12. The van der Waals surface area contributed by atoms with E-state index in [0.29, 0.717) is 11.4 Å². The number of nitrogen functional groups attached to an aromatic ring is 1. The van der Waals surface area contributed by atoms with Gasteiger partial charge in [-0.1, -0.05) is 31.0 Å². The number of nitrogens with zero attached hydrogens (tertiary/aromatic N) is 1. The van der Waals surface area contributed by atoms with E-state index in [9.17, 15) is 0 Å². The molecule has 1 aromatic heterocycles. The molecule has 2 aromatic rings. The Bertz CT molecular complexity index is 646. The number of hydrogen-bond donors (Lipinski definition) is 2. The van der Waals surface area contributed by atoms with Crippen LogP contribution in [0.3, 0.4) is 0 Å². The van der Waals surface area contributed by atoms with E-state index >= 15 is 0 Å². The van der Waals surface area contributed by atoms with Crippen LogP contribution >= 0.6 is 0 Å². The summed E-state index contributed by atoms with van der Waals surface area (Å²) in [5.41, 5.74) is 7.18. The van der Waals surface area contributed by atoms with E-state index in [2.05, 4.69) is 4.98 Å². The number of rotatable bonds is 3. The van der Waals surface area contributed by atoms with Crippen LogP contribution in [0.2, 0.25) is 0 Å². The molecule has 4 nitrogen and oxygen atoms in total. The minimum atomic E-state index is 0.0110. The highest BCUT2D eigenvalue weighted by Gasteiger charge is 2.18. The lowest BCUT2D eigenvalue weighted by molar-refractivity contribution is 0.176. The largest absolute Gasteiger partial charge is 0.474 e. The van der Waals surface area contributed by atoms with Crippen LogP contribution < -0.4 is 10.5 Å². The zero-order valence-electron chi connectivity index (χ0n) is 12.1. The summed E-state index contributed by atoms with van der Waals surface area (Å²) in [6, 6.07) is 9.75. The third-order valence-corrected chi connectivity index (χ3v) is 4.06. The molecule has 3 rings (SSSR count). The number of hydrogen-bond acceptors (Lipinski definition) is 3. The Hall–Kier alpha value is -2.10. The Morgan fingerprint density at radius 2 is 1.86 bits per heavy atom. The molecule has 0 aliphatic heterocycles. The molecule has 1 aromatic carbocycles. The number of pyridine rings is 1. The van der Waals surface area contributed by atoms with Crippen molar-refractivity contribution in [2.45, 2.75) is 44.6 Å². The van der Waals surface area contributed by atoms with Crippen molar-refractivity contribution in [3.8, 4) is 5.88 Å². The fourth-order valence-electron chi connectivity index (χ4n) is 2.90. The Balaban J connectivity index is 1.95. The van der Waals surface area contributed by atoms with Gasteiger partial charge in [0.15, 0.2) is 0 Å². The topological polar surface area (TPSA) is 72.0 Å². The Labute approximate surface area is 124 Å². The van der Waals surface area contributed by atoms with Gasteiger partial charge in [0.2, 0.25) is 5.88 Å². The number of benzene rings is 1. The summed E-state index contributed by atoms with van der Waals surface area (Å²) < 4.78 is 6.10. The van der Waals surface area contributed by atoms with Crippen LogP contribution in [0.5, 0.6) is 5.88 Å². The fourth-order valence-corrected chi connectivity index (χ4v) is 2.90. The second-order valence-corrected chi connectivity index (χ2v) is 5.68. The van der Waals surface area contributed by atoms with Crippen molar-refractivity contribution in [1.82, 2.24) is 4.98 Å². The molecule has 0 radical (unpaired) electrons. The Morgan fingerprint density at radius 3 is 2.57 bits per heavy atom. The number of nitrogens with one attached hydrogen (secondary N) is 1. The lowest BCUT2D eigenvalue weighted by Gasteiger charge is -2.18. The molecule has 1 saturated carbocycles. The molecule has 0 saturated heterocycles. The minimum absolute atomic E-state index is 0.0110. The zero-order chi connectivity index (χ0) is 14.7. The first kappa shape index (κ1) is 13.9. The monoisotopic (exact) mass is 283 g/mol. The van der Waals surface area contributed by atoms with E-state index in [1.54, 1.807) is 0 Å². The number of amidine groups is 1. The molecule has 0 unspecified atom stereocenters. The highest BCUT2D eigenvalue weighted by Crippen LogP contribution is 2.26. The van der Waals surface area contributed by atoms with Crippen molar-refractivity contribution in [3.05, 3.63) is 35.9 Å². The average Bonchev–Trinajstić information content (AvgIpc) is 2.75. The summed E-state index contributed by atoms with van der Waals surface area (Å²) in [4.78, 5) is 4.58. The molecule has 1 aliphatic rings. The molecule has 1 aliphatic carbocycles. The van der Waals surface area contributed by atoms with Crippen molar-refractivity contribution in [2.24, 2.45) is 5.73 Å². The molecule has 0 spiro atoms. The van der Waals surface area contributed by atoms with E-state index in [4.69, 9.17) is 15.9 Å². The molecule has 1 heterocycles. The van der Waals surface area contributed by atoms with Gasteiger partial charge in [0.1, 0.15) is 11.9 Å². The van der Waals surface area contributed by atoms with Crippen LogP contribution in [0.15, 0.2) is 30.3 Å². The van der Waals surface area contributed by atoms with Crippen LogP contribution in [-0.4, -0.2) is 16.9 Å². The lowest BCUT2D eigenvalue weighted by atomic mass is 10.1. The SMILES string of the molecule is N=C(N)c1cc2ccccc2nc1OC1CCCCCC1. The van der Waals surface area contributed by atoms with Crippen molar-refractivity contribution in [3.63, 3.8) is 0 Å². The summed E-state index contributed by atoms with van der Waals surface area (Å²) in [6.45, 7) is 0. The molecule has 0 atom stereocenters. The fraction of sp³-hybridized carbons (Fsp3) is 0.412. The molecule has 0 bridgehead atoms. The third kappa shape index (κ3) is 3.15. The molecule has 110 valence electrons. The van der Waals surface area contributed by atoms with Crippen LogP contribution in [0.1, 0.15) is 44.1 Å². The molecule has 3 N–H and O–H groups in total. The molecular weight excluding hydrogens is 262 g/mol. The van der Waals surface area contributed by atoms with E-state index in [1.807, 2.05) is 30.3 Å². The third-order valence-electron chi connectivity index (χ3n) is 4.06. The standard InChI is InChI=1S/C17H21N3O/c18-16(19)14-11-12-7-5-6-10-15(12)20-17(14)21-13-8-3-1-2-4-9-13/h5-7,10-11,13H,1-4,8-9H2,(H3,18,19). The van der Waals surface area contributed by atoms with Gasteiger partial charge in [-0.15, -0.1) is 0 Å². The maximum atomic E-state index is 7.77. The zero-order valence-corrected chi connectivity index (χ0v) is 12.1. The highest BCUT2D eigenvalue weighted by atomic mass is 16.5. The van der Waals surface area contributed by atoms with Gasteiger partial charge in [0, 0.05) is 5.39 Å². The Morgan fingerprint density at radius 1 is 1.14 bits per heavy atom. The van der Waals surface area contributed by atoms with Crippen LogP contribution in [0, 0.1) is 5.41 Å². The van der Waals surface area contributed by atoms with E-state index < -0.39 is 0 Å². The molecule has 4 heteroatoms. The van der Waals surface area contributed by atoms with E-state index in [-0.39, 0.29) is 11.9 Å². The van der Waals surface area contributed by atoms with Gasteiger partial charge in [-0.25, -0.2) is 4.98 Å². The van der Waals surface area contributed by atoms with Gasteiger partial charge in [0.25, 0.3) is 0 Å². The maximum Gasteiger partial charge on any atom is 0.225 e. The maximum absolute atomic E-state index is 7.77. The van der Waals surface area contributed by atoms with Crippen LogP contribution in [0.4, 0.5) is 0 Å². The van der Waals surface area contributed by atoms with Gasteiger partial charge in [-0.05, 0) is 37.8 Å². The molecule has 21 heavy (non-hydrogen) atoms. The minimum Gasteiger partial charge on any atom is -0.474 e. The van der Waals surface area contributed by atoms with E-state index in [1.165, 1.54) is 25.7 Å². The number of ether oxygens (including phenoxy) is 1. The molecular formula is C17H21N3O. The summed E-state index contributed by atoms with van der Waals surface area (Å²) in [5.74, 6) is 0.518. The first-order chi connectivity index (χ1) is 10.2. The Kier molecular flexibility index (Phi) is 4.04. The van der Waals surface area contributed by atoms with Crippen LogP contribution in [0.25, 0.3) is 10.9 Å². The number of fused-ring (bicyclic) bond motifs is 1. The molecule has 0 amide bonds. The summed E-state index contributed by atoms with van der Waals surface area (Å²) >= 11 is 0. The average molecular weight is 283 g/mol. The van der Waals surface area contributed by atoms with Gasteiger partial charge in [0.05, 0.1) is 11.1 Å². The normalized spacial score (nSPS) is 16.6. The predicted molar refractivity (Wildman–Crippen MR) is 84.9 cm³/mol. The summed E-state index contributed by atoms with van der Waals surface area (Å²) in [7, 11) is 0. The van der Waals surface area contributed by atoms with Gasteiger partial charge < -0.3 is 10.5 Å². The molecule has 1 fully saturated rings. The highest BCUT2D eigenvalue weighted by molar-refractivity contribution is 6.00. The first-order valence-electron chi connectivity index (χ1n) is 7.65. The smallest absolute Gasteiger partial charge is 0.225 e. The van der Waals surface area contributed by atoms with Gasteiger partial charge >= 0.3 is 0 Å². The van der Waals surface area contributed by atoms with Crippen molar-refractivity contribution in [1.29, 1.82) is 5.41 Å². The quantitative estimate of drug-likeness (QED) is 0.513. The number of aromatic nitrogens is 1. The van der Waals surface area contributed by atoms with Crippen molar-refractivity contribution >= 4 is 16.7 Å². The predicted octanol–water partition coefficient (Wildman–Crippen LogP) is 3.62. The summed E-state index contributed by atoms with van der Waals surface area (Å²) in [6.07, 6.45) is 7.29. The number of nitrogens with two attached hydrogens (primary N) is 1. The van der Waals surface area contributed by atoms with Crippen molar-refractivity contribution in [2.75, 3.05) is 0 Å². The second-order valence-electron chi connectivity index (χ2n) is 5.68. The first-order valence-corrected chi connectivity index (χ1v) is 7.65. The van der Waals surface area contributed by atoms with E-state index in [0.717, 1.165) is 23.7 Å².